The van der Waals surface area contributed by atoms with Crippen molar-refractivity contribution in [3.8, 4) is 0 Å². The molecule has 0 unspecified atom stereocenters. The van der Waals surface area contributed by atoms with E-state index < -0.39 is 5.97 Å². The molecular formula is C38H76O4. The van der Waals surface area contributed by atoms with Gasteiger partial charge in [-0.1, -0.05) is 194 Å². The molecule has 0 fully saturated rings. The highest BCUT2D eigenvalue weighted by Crippen LogP contribution is 2.14. The molecule has 0 amide bonds. The van der Waals surface area contributed by atoms with Crippen LogP contribution in [-0.4, -0.2) is 23.7 Å². The molecule has 1 N–H and O–H groups in total. The van der Waals surface area contributed by atoms with Gasteiger partial charge in [0.2, 0.25) is 0 Å². The third-order valence-electron chi connectivity index (χ3n) is 8.24. The van der Waals surface area contributed by atoms with Crippen molar-refractivity contribution in [2.75, 3.05) is 6.61 Å². The van der Waals surface area contributed by atoms with Gasteiger partial charge in [-0.05, 0) is 19.3 Å². The van der Waals surface area contributed by atoms with Gasteiger partial charge in [-0.2, -0.15) is 0 Å². The lowest BCUT2D eigenvalue weighted by molar-refractivity contribution is -0.144. The molecule has 0 aromatic carbocycles. The van der Waals surface area contributed by atoms with Crippen LogP contribution in [0.1, 0.15) is 226 Å². The summed E-state index contributed by atoms with van der Waals surface area (Å²) < 4.78 is 5.32. The second kappa shape index (κ2) is 39.9. The van der Waals surface area contributed by atoms with Crippen LogP contribution in [0.25, 0.3) is 0 Å². The zero-order valence-corrected chi connectivity index (χ0v) is 29.0. The number of unbranched alkanes of at least 4 members (excludes halogenated alkanes) is 27. The Labute approximate surface area is 263 Å². The standard InChI is InChI=1S/C22H44O2.C16H32O2/c1-3-5-7-9-11-13-14-16-18-20-22(23)24-21-19-17-15-12-10-8-6-4-2;1-2-3-4-5-6-7-8-9-10-11-12-13-14-15-16(17)18/h3-21H2,1-2H3;2-15H2,1H3,(H,17,18). The zero-order valence-electron chi connectivity index (χ0n) is 29.0. The minimum absolute atomic E-state index is 0.0147. The van der Waals surface area contributed by atoms with Gasteiger partial charge in [0.1, 0.15) is 0 Å². The molecule has 0 atom stereocenters. The second-order valence-electron chi connectivity index (χ2n) is 12.7. The van der Waals surface area contributed by atoms with Crippen LogP contribution in [0.5, 0.6) is 0 Å². The molecule has 0 spiro atoms. The van der Waals surface area contributed by atoms with E-state index in [1.165, 1.54) is 167 Å². The number of carboxylic acids is 1. The van der Waals surface area contributed by atoms with Gasteiger partial charge in [-0.15, -0.1) is 0 Å². The molecule has 4 heteroatoms. The highest BCUT2D eigenvalue weighted by Gasteiger charge is 2.02. The normalized spacial score (nSPS) is 10.8. The Balaban J connectivity index is 0. The fourth-order valence-electron chi connectivity index (χ4n) is 5.37. The maximum absolute atomic E-state index is 11.6. The summed E-state index contributed by atoms with van der Waals surface area (Å²) in [7, 11) is 0. The van der Waals surface area contributed by atoms with Crippen LogP contribution in [0.3, 0.4) is 0 Å². The topological polar surface area (TPSA) is 63.6 Å². The maximum atomic E-state index is 11.6. The van der Waals surface area contributed by atoms with Crippen LogP contribution in [-0.2, 0) is 14.3 Å². The van der Waals surface area contributed by atoms with Crippen molar-refractivity contribution in [3.05, 3.63) is 0 Å². The van der Waals surface area contributed by atoms with E-state index in [2.05, 4.69) is 20.8 Å². The molecule has 0 saturated carbocycles. The summed E-state index contributed by atoms with van der Waals surface area (Å²) in [6.07, 6.45) is 39.8. The van der Waals surface area contributed by atoms with Gasteiger partial charge in [-0.3, -0.25) is 9.59 Å². The van der Waals surface area contributed by atoms with Crippen LogP contribution in [0.4, 0.5) is 0 Å². The Hall–Kier alpha value is -1.06. The molecule has 0 rings (SSSR count). The number of ether oxygens (including phenoxy) is 1. The number of aliphatic carboxylic acids is 1. The summed E-state index contributed by atoms with van der Waals surface area (Å²) >= 11 is 0. The van der Waals surface area contributed by atoms with Gasteiger partial charge in [0, 0.05) is 12.8 Å². The predicted molar refractivity (Wildman–Crippen MR) is 183 cm³/mol. The summed E-state index contributed by atoms with van der Waals surface area (Å²) in [4.78, 5) is 21.9. The molecule has 0 aliphatic heterocycles. The van der Waals surface area contributed by atoms with E-state index in [0.29, 0.717) is 19.4 Å². The van der Waals surface area contributed by atoms with Crippen molar-refractivity contribution < 1.29 is 19.4 Å². The lowest BCUT2D eigenvalue weighted by atomic mass is 10.0. The smallest absolute Gasteiger partial charge is 0.305 e. The minimum Gasteiger partial charge on any atom is -0.481 e. The number of rotatable bonds is 33. The zero-order chi connectivity index (χ0) is 31.2. The molecule has 0 aromatic rings. The fraction of sp³-hybridized carbons (Fsp3) is 0.947. The molecule has 252 valence electrons. The van der Waals surface area contributed by atoms with Gasteiger partial charge in [0.05, 0.1) is 6.61 Å². The van der Waals surface area contributed by atoms with E-state index >= 15 is 0 Å². The molecule has 0 bridgehead atoms. The van der Waals surface area contributed by atoms with Crippen LogP contribution in [0, 0.1) is 0 Å². The van der Waals surface area contributed by atoms with E-state index in [0.717, 1.165) is 25.7 Å². The van der Waals surface area contributed by atoms with E-state index in [1.807, 2.05) is 0 Å². The molecule has 0 heterocycles. The number of carbonyl (C=O) groups is 2. The number of hydrogen-bond donors (Lipinski definition) is 1. The summed E-state index contributed by atoms with van der Waals surface area (Å²) in [6.45, 7) is 7.40. The Bertz CT molecular complexity index is 495. The van der Waals surface area contributed by atoms with Crippen molar-refractivity contribution in [2.24, 2.45) is 0 Å². The van der Waals surface area contributed by atoms with Gasteiger partial charge < -0.3 is 9.84 Å². The van der Waals surface area contributed by atoms with Crippen molar-refractivity contribution in [2.45, 2.75) is 226 Å². The first-order valence-electron chi connectivity index (χ1n) is 19.0. The van der Waals surface area contributed by atoms with Gasteiger partial charge >= 0.3 is 11.9 Å². The van der Waals surface area contributed by atoms with Crippen molar-refractivity contribution in [3.63, 3.8) is 0 Å². The number of carboxylic acid groups (broad SMARTS) is 1. The highest BCUT2D eigenvalue weighted by molar-refractivity contribution is 5.69. The van der Waals surface area contributed by atoms with Crippen molar-refractivity contribution in [1.29, 1.82) is 0 Å². The first kappa shape index (κ1) is 43.1. The number of esters is 1. The first-order chi connectivity index (χ1) is 20.6. The fourth-order valence-corrected chi connectivity index (χ4v) is 5.37. The van der Waals surface area contributed by atoms with Crippen molar-refractivity contribution in [1.82, 2.24) is 0 Å². The number of hydrogen-bond acceptors (Lipinski definition) is 3. The third-order valence-corrected chi connectivity index (χ3v) is 8.24. The Morgan fingerprint density at radius 3 is 0.952 bits per heavy atom. The van der Waals surface area contributed by atoms with Crippen molar-refractivity contribution >= 4 is 11.9 Å². The first-order valence-corrected chi connectivity index (χ1v) is 19.0. The largest absolute Gasteiger partial charge is 0.481 e. The summed E-state index contributed by atoms with van der Waals surface area (Å²) in [5, 5.41) is 8.49. The lowest BCUT2D eigenvalue weighted by Crippen LogP contribution is -2.05. The van der Waals surface area contributed by atoms with Crippen LogP contribution in [0.15, 0.2) is 0 Å². The highest BCUT2D eigenvalue weighted by atomic mass is 16.5. The van der Waals surface area contributed by atoms with Gasteiger partial charge in [0.15, 0.2) is 0 Å². The molecule has 0 radical (unpaired) electrons. The minimum atomic E-state index is -0.655. The molecule has 4 nitrogen and oxygen atoms in total. The van der Waals surface area contributed by atoms with Crippen LogP contribution >= 0.6 is 0 Å². The van der Waals surface area contributed by atoms with Crippen LogP contribution in [0.2, 0.25) is 0 Å². The van der Waals surface area contributed by atoms with Gasteiger partial charge in [0.25, 0.3) is 0 Å². The Morgan fingerprint density at radius 2 is 0.643 bits per heavy atom. The second-order valence-corrected chi connectivity index (χ2v) is 12.7. The lowest BCUT2D eigenvalue weighted by Gasteiger charge is -2.05. The molecule has 0 aromatic heterocycles. The predicted octanol–water partition coefficient (Wildman–Crippen LogP) is 13.1. The summed E-state index contributed by atoms with van der Waals surface area (Å²) in [6, 6.07) is 0. The SMILES string of the molecule is CCCCCCCCCCCC(=O)OCCCCCCCCCC.CCCCCCCCCCCCCCCC(=O)O. The number of carbonyl (C=O) groups excluding carboxylic acids is 1. The van der Waals surface area contributed by atoms with Crippen LogP contribution < -0.4 is 0 Å². The summed E-state index contributed by atoms with van der Waals surface area (Å²) in [5.74, 6) is -0.640. The average Bonchev–Trinajstić information content (AvgIpc) is 2.98. The molecule has 0 aliphatic carbocycles. The van der Waals surface area contributed by atoms with E-state index in [4.69, 9.17) is 9.84 Å². The molecule has 0 aliphatic rings. The van der Waals surface area contributed by atoms with E-state index in [-0.39, 0.29) is 5.97 Å². The molecule has 0 saturated heterocycles. The van der Waals surface area contributed by atoms with E-state index in [1.54, 1.807) is 0 Å². The molecule has 42 heavy (non-hydrogen) atoms. The maximum Gasteiger partial charge on any atom is 0.305 e. The Kier molecular flexibility index (Phi) is 41.0. The Morgan fingerprint density at radius 1 is 0.381 bits per heavy atom. The summed E-state index contributed by atoms with van der Waals surface area (Å²) in [5.41, 5.74) is 0. The average molecular weight is 597 g/mol. The third kappa shape index (κ3) is 43.4. The van der Waals surface area contributed by atoms with E-state index in [9.17, 15) is 9.59 Å². The quantitative estimate of drug-likeness (QED) is 0.0604. The van der Waals surface area contributed by atoms with Gasteiger partial charge in [-0.25, -0.2) is 0 Å². The monoisotopic (exact) mass is 597 g/mol. The molecular weight excluding hydrogens is 520 g/mol.